The van der Waals surface area contributed by atoms with Crippen molar-refractivity contribution in [3.05, 3.63) is 59.2 Å². The van der Waals surface area contributed by atoms with E-state index < -0.39 is 11.9 Å². The molecule has 0 aliphatic heterocycles. The zero-order valence-corrected chi connectivity index (χ0v) is 16.3. The van der Waals surface area contributed by atoms with E-state index in [1.165, 1.54) is 36.0 Å². The second-order valence-corrected chi connectivity index (χ2v) is 7.48. The van der Waals surface area contributed by atoms with Gasteiger partial charge in [0.1, 0.15) is 5.75 Å². The molecule has 2 aromatic carbocycles. The third kappa shape index (κ3) is 4.53. The van der Waals surface area contributed by atoms with Gasteiger partial charge in [0, 0.05) is 5.56 Å². The number of thioether (sulfide) groups is 1. The number of rotatable bonds is 7. The minimum atomic E-state index is -2.90. The molecule has 3 aromatic rings. The summed E-state index contributed by atoms with van der Waals surface area (Å²) in [7, 11) is 0. The molecule has 9 heteroatoms. The number of tetrazole rings is 1. The number of hydrogen-bond acceptors (Lipinski definition) is 6. The van der Waals surface area contributed by atoms with Gasteiger partial charge in [-0.15, -0.1) is 5.10 Å². The molecule has 28 heavy (non-hydrogen) atoms. The van der Waals surface area contributed by atoms with Crippen molar-refractivity contribution in [3.8, 4) is 11.4 Å². The number of carbonyl (C=O) groups excluding carboxylic acids is 1. The zero-order valence-electron chi connectivity index (χ0n) is 15.5. The first-order chi connectivity index (χ1) is 13.3. The lowest BCUT2D eigenvalue weighted by Gasteiger charge is -2.11. The smallest absolute Gasteiger partial charge is 0.387 e. The highest BCUT2D eigenvalue weighted by Gasteiger charge is 2.21. The van der Waals surface area contributed by atoms with Crippen LogP contribution in [0.15, 0.2) is 47.6 Å². The van der Waals surface area contributed by atoms with Gasteiger partial charge in [0.05, 0.1) is 10.9 Å². The van der Waals surface area contributed by atoms with Gasteiger partial charge < -0.3 is 4.74 Å². The maximum Gasteiger partial charge on any atom is 0.387 e. The molecule has 1 atom stereocenters. The number of alkyl halides is 2. The molecule has 0 aliphatic carbocycles. The Labute approximate surface area is 164 Å². The topological polar surface area (TPSA) is 69.9 Å². The van der Waals surface area contributed by atoms with Gasteiger partial charge in [-0.25, -0.2) is 0 Å². The normalized spacial score (nSPS) is 12.2. The molecular weight excluding hydrogens is 386 g/mol. The number of Topliss-reactive ketones (excluding diaryl/α,β-unsaturated/α-hetero) is 1. The van der Waals surface area contributed by atoms with Crippen molar-refractivity contribution in [2.24, 2.45) is 0 Å². The summed E-state index contributed by atoms with van der Waals surface area (Å²) in [4.78, 5) is 12.7. The Morgan fingerprint density at radius 2 is 1.82 bits per heavy atom. The van der Waals surface area contributed by atoms with Gasteiger partial charge in [-0.05, 0) is 78.7 Å². The van der Waals surface area contributed by atoms with E-state index in [-0.39, 0.29) is 11.5 Å². The van der Waals surface area contributed by atoms with Crippen LogP contribution in [0.2, 0.25) is 0 Å². The van der Waals surface area contributed by atoms with Crippen molar-refractivity contribution in [2.75, 3.05) is 0 Å². The van der Waals surface area contributed by atoms with Crippen molar-refractivity contribution >= 4 is 17.5 Å². The molecule has 0 spiro atoms. The average molecular weight is 404 g/mol. The lowest BCUT2D eigenvalue weighted by atomic mass is 10.1. The first-order valence-corrected chi connectivity index (χ1v) is 9.35. The number of benzene rings is 2. The molecule has 0 bridgehead atoms. The number of carbonyl (C=O) groups is 1. The summed E-state index contributed by atoms with van der Waals surface area (Å²) in [5.41, 5.74) is 3.48. The molecule has 0 saturated carbocycles. The number of aromatic nitrogens is 4. The minimum absolute atomic E-state index is 0.00513. The molecule has 0 radical (unpaired) electrons. The van der Waals surface area contributed by atoms with Crippen molar-refractivity contribution in [1.82, 2.24) is 20.2 Å². The number of hydrogen-bond donors (Lipinski definition) is 0. The molecule has 0 aliphatic rings. The quantitative estimate of drug-likeness (QED) is 0.433. The molecule has 0 unspecified atom stereocenters. The van der Waals surface area contributed by atoms with Crippen LogP contribution in [0.25, 0.3) is 5.69 Å². The van der Waals surface area contributed by atoms with Gasteiger partial charge in [0.15, 0.2) is 5.78 Å². The largest absolute Gasteiger partial charge is 0.435 e. The Hall–Kier alpha value is -2.81. The molecule has 6 nitrogen and oxygen atoms in total. The molecule has 3 rings (SSSR count). The SMILES string of the molecule is Cc1ccc(-n2nnnc2S[C@@H](C)C(=O)c2ccc(OC(F)F)cc2)cc1C. The van der Waals surface area contributed by atoms with E-state index in [4.69, 9.17) is 0 Å². The van der Waals surface area contributed by atoms with Gasteiger partial charge in [-0.3, -0.25) is 4.79 Å². The number of ketones is 1. The summed E-state index contributed by atoms with van der Waals surface area (Å²) in [5, 5.41) is 11.8. The predicted octanol–water partition coefficient (Wildman–Crippen LogP) is 4.24. The summed E-state index contributed by atoms with van der Waals surface area (Å²) in [6.07, 6.45) is 0. The fourth-order valence-electron chi connectivity index (χ4n) is 2.52. The predicted molar refractivity (Wildman–Crippen MR) is 101 cm³/mol. The third-order valence-corrected chi connectivity index (χ3v) is 5.22. The zero-order chi connectivity index (χ0) is 20.3. The summed E-state index contributed by atoms with van der Waals surface area (Å²) in [6, 6.07) is 11.5. The molecule has 0 saturated heterocycles. The van der Waals surface area contributed by atoms with Crippen molar-refractivity contribution < 1.29 is 18.3 Å². The number of aryl methyl sites for hydroxylation is 2. The maximum absolute atomic E-state index is 12.7. The number of ether oxygens (including phenoxy) is 1. The Balaban J connectivity index is 1.74. The fraction of sp³-hybridized carbons (Fsp3) is 0.263. The van der Waals surface area contributed by atoms with Crippen LogP contribution < -0.4 is 4.74 Å². The molecule has 0 N–H and O–H groups in total. The van der Waals surface area contributed by atoms with Gasteiger partial charge in [-0.1, -0.05) is 17.8 Å². The van der Waals surface area contributed by atoms with Gasteiger partial charge in [0.25, 0.3) is 0 Å². The number of halogens is 2. The lowest BCUT2D eigenvalue weighted by Crippen LogP contribution is -2.15. The minimum Gasteiger partial charge on any atom is -0.435 e. The Kier molecular flexibility index (Phi) is 6.03. The molecule has 0 fully saturated rings. The van der Waals surface area contributed by atoms with Crippen LogP contribution in [-0.4, -0.2) is 37.9 Å². The third-order valence-electron chi connectivity index (χ3n) is 4.19. The number of nitrogens with zero attached hydrogens (tertiary/aromatic N) is 4. The van der Waals surface area contributed by atoms with E-state index in [1.54, 1.807) is 11.6 Å². The second kappa shape index (κ2) is 8.47. The van der Waals surface area contributed by atoms with Crippen LogP contribution in [-0.2, 0) is 0 Å². The van der Waals surface area contributed by atoms with Crippen molar-refractivity contribution in [1.29, 1.82) is 0 Å². The van der Waals surface area contributed by atoms with Gasteiger partial charge >= 0.3 is 6.61 Å². The first kappa shape index (κ1) is 19.9. The second-order valence-electron chi connectivity index (χ2n) is 6.17. The average Bonchev–Trinajstić information content (AvgIpc) is 3.11. The summed E-state index contributed by atoms with van der Waals surface area (Å²) in [6.45, 7) is 2.87. The highest BCUT2D eigenvalue weighted by Crippen LogP contribution is 2.26. The summed E-state index contributed by atoms with van der Waals surface area (Å²) in [5.74, 6) is -0.159. The van der Waals surface area contributed by atoms with Gasteiger partial charge in [-0.2, -0.15) is 13.5 Å². The van der Waals surface area contributed by atoms with Crippen LogP contribution in [0.3, 0.4) is 0 Å². The van der Waals surface area contributed by atoms with Crippen LogP contribution in [0.4, 0.5) is 8.78 Å². The van der Waals surface area contributed by atoms with E-state index in [9.17, 15) is 13.6 Å². The van der Waals surface area contributed by atoms with Crippen LogP contribution in [0, 0.1) is 13.8 Å². The molecular formula is C19H18F2N4O2S. The van der Waals surface area contributed by atoms with E-state index >= 15 is 0 Å². The van der Waals surface area contributed by atoms with Crippen LogP contribution in [0.1, 0.15) is 28.4 Å². The van der Waals surface area contributed by atoms with Crippen LogP contribution in [0.5, 0.6) is 5.75 Å². The van der Waals surface area contributed by atoms with E-state index in [2.05, 4.69) is 20.3 Å². The van der Waals surface area contributed by atoms with E-state index in [1.807, 2.05) is 32.0 Å². The van der Waals surface area contributed by atoms with Crippen LogP contribution >= 0.6 is 11.8 Å². The Morgan fingerprint density at radius 3 is 2.46 bits per heavy atom. The highest BCUT2D eigenvalue weighted by atomic mass is 32.2. The molecule has 1 aromatic heterocycles. The fourth-order valence-corrected chi connectivity index (χ4v) is 3.40. The Morgan fingerprint density at radius 1 is 1.11 bits per heavy atom. The highest BCUT2D eigenvalue weighted by molar-refractivity contribution is 8.00. The molecule has 0 amide bonds. The summed E-state index contributed by atoms with van der Waals surface area (Å²) >= 11 is 1.23. The van der Waals surface area contributed by atoms with Gasteiger partial charge in [0.2, 0.25) is 5.16 Å². The monoisotopic (exact) mass is 404 g/mol. The maximum atomic E-state index is 12.7. The standard InChI is InChI=1S/C19H18F2N4O2S/c1-11-4-7-15(10-12(11)2)25-19(22-23-24-25)28-13(3)17(26)14-5-8-16(9-6-14)27-18(20)21/h4-10,13,18H,1-3H3/t13-/m0/s1. The van der Waals surface area contributed by atoms with Crippen molar-refractivity contribution in [3.63, 3.8) is 0 Å². The Bertz CT molecular complexity index is 976. The van der Waals surface area contributed by atoms with E-state index in [0.29, 0.717) is 10.7 Å². The van der Waals surface area contributed by atoms with E-state index in [0.717, 1.165) is 16.8 Å². The molecule has 1 heterocycles. The first-order valence-electron chi connectivity index (χ1n) is 8.47. The summed E-state index contributed by atoms with van der Waals surface area (Å²) < 4.78 is 30.3. The lowest BCUT2D eigenvalue weighted by molar-refractivity contribution is -0.0498. The molecule has 146 valence electrons. The van der Waals surface area contributed by atoms with Crippen molar-refractivity contribution in [2.45, 2.75) is 37.8 Å².